The predicted molar refractivity (Wildman–Crippen MR) is 98.5 cm³/mol. The second-order valence-corrected chi connectivity index (χ2v) is 5.81. The molecule has 4 rings (SSSR count). The van der Waals surface area contributed by atoms with Crippen LogP contribution in [0.5, 0.6) is 5.75 Å². The van der Waals surface area contributed by atoms with Crippen LogP contribution in [0.4, 0.5) is 17.6 Å². The minimum absolute atomic E-state index is 0.266. The summed E-state index contributed by atoms with van der Waals surface area (Å²) in [5, 5.41) is 19.9. The zero-order valence-corrected chi connectivity index (χ0v) is 14.1. The standard InChI is InChI=1S/C17H18N8O/c1-25-13(7-9-21-25)22-17-23-15(14-16(24-17)20-10-19-14)18-8-6-11-2-4-12(26)5-3-11/h2-5,7,9-10,26H,6,8H2,1H3,(H3,18,19,20,22,23,24). The normalized spacial score (nSPS) is 11.0. The molecule has 0 aliphatic heterocycles. The van der Waals surface area contributed by atoms with Gasteiger partial charge in [0, 0.05) is 19.7 Å². The Bertz CT molecular complexity index is 1020. The molecule has 0 aliphatic rings. The van der Waals surface area contributed by atoms with Gasteiger partial charge in [0.2, 0.25) is 5.95 Å². The van der Waals surface area contributed by atoms with Gasteiger partial charge in [0.25, 0.3) is 0 Å². The molecule has 0 aliphatic carbocycles. The number of fused-ring (bicyclic) bond motifs is 1. The minimum Gasteiger partial charge on any atom is -0.508 e. The zero-order chi connectivity index (χ0) is 17.9. The number of aryl methyl sites for hydroxylation is 1. The summed E-state index contributed by atoms with van der Waals surface area (Å²) in [6.45, 7) is 0.682. The van der Waals surface area contributed by atoms with Crippen molar-refractivity contribution >= 4 is 28.7 Å². The first-order chi connectivity index (χ1) is 12.7. The Kier molecular flexibility index (Phi) is 4.10. The van der Waals surface area contributed by atoms with Gasteiger partial charge < -0.3 is 20.7 Å². The molecule has 9 nitrogen and oxygen atoms in total. The number of aromatic hydroxyl groups is 1. The Labute approximate surface area is 149 Å². The first-order valence-electron chi connectivity index (χ1n) is 8.17. The van der Waals surface area contributed by atoms with Gasteiger partial charge in [-0.2, -0.15) is 15.1 Å². The number of aromatic amines is 1. The molecule has 9 heteroatoms. The maximum Gasteiger partial charge on any atom is 0.232 e. The highest BCUT2D eigenvalue weighted by Gasteiger charge is 2.11. The maximum absolute atomic E-state index is 9.35. The third kappa shape index (κ3) is 3.27. The molecule has 0 unspecified atom stereocenters. The Morgan fingerprint density at radius 1 is 1.15 bits per heavy atom. The van der Waals surface area contributed by atoms with E-state index < -0.39 is 0 Å². The molecule has 0 fully saturated rings. The van der Waals surface area contributed by atoms with Gasteiger partial charge in [0.1, 0.15) is 17.1 Å². The molecule has 132 valence electrons. The number of hydrogen-bond acceptors (Lipinski definition) is 7. The van der Waals surface area contributed by atoms with Gasteiger partial charge in [-0.25, -0.2) is 4.98 Å². The van der Waals surface area contributed by atoms with Crippen LogP contribution in [0.1, 0.15) is 5.56 Å². The summed E-state index contributed by atoms with van der Waals surface area (Å²) in [5.41, 5.74) is 2.46. The quantitative estimate of drug-likeness (QED) is 0.421. The fourth-order valence-electron chi connectivity index (χ4n) is 2.62. The number of rotatable bonds is 6. The van der Waals surface area contributed by atoms with Crippen LogP contribution in [0.3, 0.4) is 0 Å². The van der Waals surface area contributed by atoms with Crippen LogP contribution in [0, 0.1) is 0 Å². The number of benzene rings is 1. The fraction of sp³-hybridized carbons (Fsp3) is 0.176. The molecule has 3 aromatic heterocycles. The van der Waals surface area contributed by atoms with E-state index in [-0.39, 0.29) is 5.75 Å². The van der Waals surface area contributed by atoms with Gasteiger partial charge >= 0.3 is 0 Å². The van der Waals surface area contributed by atoms with Crippen LogP contribution in [0.25, 0.3) is 11.2 Å². The van der Waals surface area contributed by atoms with Gasteiger partial charge in [-0.15, -0.1) is 0 Å². The molecule has 4 N–H and O–H groups in total. The Morgan fingerprint density at radius 3 is 2.77 bits per heavy atom. The van der Waals surface area contributed by atoms with E-state index in [0.717, 1.165) is 23.3 Å². The molecule has 3 heterocycles. The summed E-state index contributed by atoms with van der Waals surface area (Å²) < 4.78 is 1.70. The van der Waals surface area contributed by atoms with Crippen molar-refractivity contribution in [1.82, 2.24) is 29.7 Å². The van der Waals surface area contributed by atoms with Crippen LogP contribution in [0.15, 0.2) is 42.9 Å². The highest BCUT2D eigenvalue weighted by molar-refractivity contribution is 5.84. The van der Waals surface area contributed by atoms with Crippen molar-refractivity contribution in [2.75, 3.05) is 17.2 Å². The van der Waals surface area contributed by atoms with Gasteiger partial charge in [0.15, 0.2) is 11.5 Å². The van der Waals surface area contributed by atoms with E-state index in [1.165, 1.54) is 0 Å². The van der Waals surface area contributed by atoms with E-state index in [1.54, 1.807) is 29.3 Å². The lowest BCUT2D eigenvalue weighted by Gasteiger charge is -2.10. The van der Waals surface area contributed by atoms with Crippen molar-refractivity contribution < 1.29 is 5.11 Å². The molecule has 1 aromatic carbocycles. The summed E-state index contributed by atoms with van der Waals surface area (Å²) in [4.78, 5) is 16.3. The first kappa shape index (κ1) is 15.9. The summed E-state index contributed by atoms with van der Waals surface area (Å²) in [7, 11) is 1.84. The molecule has 0 radical (unpaired) electrons. The third-order valence-electron chi connectivity index (χ3n) is 3.99. The summed E-state index contributed by atoms with van der Waals surface area (Å²) in [5.74, 6) is 2.17. The van der Waals surface area contributed by atoms with Crippen molar-refractivity contribution in [3.63, 3.8) is 0 Å². The smallest absolute Gasteiger partial charge is 0.232 e. The highest BCUT2D eigenvalue weighted by Crippen LogP contribution is 2.21. The highest BCUT2D eigenvalue weighted by atomic mass is 16.3. The molecule has 0 saturated heterocycles. The summed E-state index contributed by atoms with van der Waals surface area (Å²) in [6.07, 6.45) is 4.09. The van der Waals surface area contributed by atoms with E-state index in [0.29, 0.717) is 24.0 Å². The Morgan fingerprint density at radius 2 is 2.00 bits per heavy atom. The Balaban J connectivity index is 1.52. The van der Waals surface area contributed by atoms with Crippen molar-refractivity contribution in [3.05, 3.63) is 48.4 Å². The van der Waals surface area contributed by atoms with Gasteiger partial charge in [-0.3, -0.25) is 4.68 Å². The average molecular weight is 350 g/mol. The molecular formula is C17H18N8O. The monoisotopic (exact) mass is 350 g/mol. The number of phenols is 1. The van der Waals surface area contributed by atoms with E-state index in [4.69, 9.17) is 0 Å². The van der Waals surface area contributed by atoms with Crippen molar-refractivity contribution in [1.29, 1.82) is 0 Å². The van der Waals surface area contributed by atoms with Crippen molar-refractivity contribution in [2.45, 2.75) is 6.42 Å². The molecule has 0 amide bonds. The zero-order valence-electron chi connectivity index (χ0n) is 14.1. The van der Waals surface area contributed by atoms with E-state index >= 15 is 0 Å². The number of H-pyrrole nitrogens is 1. The fourth-order valence-corrected chi connectivity index (χ4v) is 2.62. The molecule has 4 aromatic rings. The van der Waals surface area contributed by atoms with E-state index in [2.05, 4.69) is 35.7 Å². The lowest BCUT2D eigenvalue weighted by Crippen LogP contribution is -2.09. The first-order valence-corrected chi connectivity index (χ1v) is 8.17. The van der Waals surface area contributed by atoms with E-state index in [9.17, 15) is 5.11 Å². The molecular weight excluding hydrogens is 332 g/mol. The van der Waals surface area contributed by atoms with E-state index in [1.807, 2.05) is 25.2 Å². The van der Waals surface area contributed by atoms with Crippen LogP contribution < -0.4 is 10.6 Å². The SMILES string of the molecule is Cn1nccc1Nc1nc(NCCc2ccc(O)cc2)c2[nH]cnc2n1. The topological polar surface area (TPSA) is 117 Å². The summed E-state index contributed by atoms with van der Waals surface area (Å²) >= 11 is 0. The van der Waals surface area contributed by atoms with Crippen LogP contribution in [-0.2, 0) is 13.5 Å². The number of aromatic nitrogens is 6. The van der Waals surface area contributed by atoms with Crippen LogP contribution in [-0.4, -0.2) is 41.4 Å². The van der Waals surface area contributed by atoms with Crippen molar-refractivity contribution in [2.24, 2.45) is 7.05 Å². The van der Waals surface area contributed by atoms with Gasteiger partial charge in [-0.1, -0.05) is 12.1 Å². The number of phenolic OH excluding ortho intramolecular Hbond substituents is 1. The maximum atomic E-state index is 9.35. The molecule has 0 saturated carbocycles. The predicted octanol–water partition coefficient (Wildman–Crippen LogP) is 2.19. The van der Waals surface area contributed by atoms with Crippen LogP contribution >= 0.6 is 0 Å². The lowest BCUT2D eigenvalue weighted by molar-refractivity contribution is 0.475. The molecule has 0 spiro atoms. The average Bonchev–Trinajstić information content (AvgIpc) is 3.26. The number of nitrogens with zero attached hydrogens (tertiary/aromatic N) is 5. The summed E-state index contributed by atoms with van der Waals surface area (Å²) in [6, 6.07) is 9.01. The van der Waals surface area contributed by atoms with Gasteiger partial charge in [-0.05, 0) is 24.1 Å². The molecule has 0 atom stereocenters. The second-order valence-electron chi connectivity index (χ2n) is 5.81. The largest absolute Gasteiger partial charge is 0.508 e. The number of nitrogens with one attached hydrogen (secondary N) is 3. The third-order valence-corrected chi connectivity index (χ3v) is 3.99. The number of hydrogen-bond donors (Lipinski definition) is 4. The lowest BCUT2D eigenvalue weighted by atomic mass is 10.1. The number of imidazole rings is 1. The number of anilines is 3. The second kappa shape index (κ2) is 6.71. The van der Waals surface area contributed by atoms with Gasteiger partial charge in [0.05, 0.1) is 12.5 Å². The Hall–Kier alpha value is -3.62. The van der Waals surface area contributed by atoms with Crippen molar-refractivity contribution in [3.8, 4) is 5.75 Å². The molecule has 26 heavy (non-hydrogen) atoms. The minimum atomic E-state index is 0.266. The van der Waals surface area contributed by atoms with Crippen LogP contribution in [0.2, 0.25) is 0 Å². The molecule has 0 bridgehead atoms.